The lowest BCUT2D eigenvalue weighted by atomic mass is 9.69. The van der Waals surface area contributed by atoms with Crippen LogP contribution in [0.2, 0.25) is 0 Å². The molecule has 7 heteroatoms. The van der Waals surface area contributed by atoms with Crippen molar-refractivity contribution in [2.75, 3.05) is 0 Å². The number of aliphatic carboxylic acids is 1. The molecule has 1 saturated carbocycles. The van der Waals surface area contributed by atoms with Gasteiger partial charge in [0.2, 0.25) is 0 Å². The number of rotatable bonds is 3. The lowest BCUT2D eigenvalue weighted by Gasteiger charge is -2.45. The van der Waals surface area contributed by atoms with Crippen LogP contribution in [0.3, 0.4) is 0 Å². The van der Waals surface area contributed by atoms with Gasteiger partial charge in [-0.05, 0) is 38.3 Å². The monoisotopic (exact) mass is 304 g/mol. The molecule has 116 valence electrons. The Kier molecular flexibility index (Phi) is 3.09. The molecule has 1 amide bonds. The van der Waals surface area contributed by atoms with Crippen molar-refractivity contribution >= 4 is 23.4 Å². The summed E-state index contributed by atoms with van der Waals surface area (Å²) in [5, 5.41) is 21.4. The fraction of sp³-hybridized carbons (Fsp3) is 0.400. The van der Waals surface area contributed by atoms with Gasteiger partial charge in [-0.2, -0.15) is 0 Å². The average Bonchev–Trinajstić information content (AvgIpc) is 2.86. The third-order valence-electron chi connectivity index (χ3n) is 4.46. The van der Waals surface area contributed by atoms with Crippen molar-refractivity contribution in [2.24, 2.45) is 0 Å². The summed E-state index contributed by atoms with van der Waals surface area (Å²) in [5.41, 5.74) is -0.754. The topological polar surface area (TPSA) is 109 Å². The van der Waals surface area contributed by atoms with Crippen molar-refractivity contribution in [3.63, 3.8) is 0 Å². The van der Waals surface area contributed by atoms with E-state index in [1.54, 1.807) is 22.9 Å². The van der Waals surface area contributed by atoms with E-state index in [1.807, 2.05) is 0 Å². The van der Waals surface area contributed by atoms with Crippen molar-refractivity contribution in [2.45, 2.75) is 37.8 Å². The normalized spacial score (nSPS) is 20.3. The van der Waals surface area contributed by atoms with Crippen LogP contribution in [0.15, 0.2) is 23.9 Å². The van der Waals surface area contributed by atoms with Gasteiger partial charge in [0, 0.05) is 6.20 Å². The molecule has 1 atom stereocenters. The van der Waals surface area contributed by atoms with Crippen LogP contribution in [0.5, 0.6) is 0 Å². The molecule has 3 N–H and O–H groups in total. The summed E-state index contributed by atoms with van der Waals surface area (Å²) in [6, 6.07) is 2.20. The zero-order valence-electron chi connectivity index (χ0n) is 12.0. The first-order valence-corrected chi connectivity index (χ1v) is 7.08. The Labute approximate surface area is 126 Å². The number of hydrogen-bond acceptors (Lipinski definition) is 4. The van der Waals surface area contributed by atoms with Gasteiger partial charge < -0.3 is 20.1 Å². The van der Waals surface area contributed by atoms with Crippen LogP contribution in [0, 0.1) is 0 Å². The number of aliphatic hydroxyl groups is 1. The molecule has 2 heterocycles. The second-order valence-corrected chi connectivity index (χ2v) is 5.73. The Hall–Kier alpha value is -2.57. The van der Waals surface area contributed by atoms with Gasteiger partial charge in [-0.25, -0.2) is 0 Å². The summed E-state index contributed by atoms with van der Waals surface area (Å²) in [6.45, 7) is 1.30. The second kappa shape index (κ2) is 4.72. The molecular weight excluding hydrogens is 288 g/mol. The third kappa shape index (κ3) is 1.78. The number of hydrogen-bond donors (Lipinski definition) is 3. The van der Waals surface area contributed by atoms with Gasteiger partial charge in [-0.3, -0.25) is 14.4 Å². The number of carboxylic acids is 1. The van der Waals surface area contributed by atoms with Crippen molar-refractivity contribution in [3.05, 3.63) is 29.6 Å². The molecular formula is C15H16N2O5. The molecule has 1 spiro atoms. The highest BCUT2D eigenvalue weighted by molar-refractivity contribution is 6.27. The minimum absolute atomic E-state index is 0.348. The highest BCUT2D eigenvalue weighted by Gasteiger charge is 2.52. The molecule has 2 aliphatic rings. The number of fused-ring (bicyclic) bond motifs is 2. The quantitative estimate of drug-likeness (QED) is 0.716. The molecule has 0 saturated heterocycles. The molecule has 1 aromatic heterocycles. The number of aliphatic hydroxyl groups excluding tert-OH is 1. The molecule has 1 fully saturated rings. The number of ketones is 1. The van der Waals surface area contributed by atoms with E-state index in [9.17, 15) is 19.5 Å². The summed E-state index contributed by atoms with van der Waals surface area (Å²) in [4.78, 5) is 35.9. The zero-order valence-corrected chi connectivity index (χ0v) is 12.0. The molecule has 3 rings (SSSR count). The van der Waals surface area contributed by atoms with Crippen LogP contribution in [-0.2, 0) is 19.9 Å². The first-order chi connectivity index (χ1) is 10.4. The number of nitrogens with zero attached hydrogens (tertiary/aromatic N) is 1. The van der Waals surface area contributed by atoms with E-state index in [-0.39, 0.29) is 5.57 Å². The Morgan fingerprint density at radius 1 is 1.41 bits per heavy atom. The predicted molar refractivity (Wildman–Crippen MR) is 76.1 cm³/mol. The maximum absolute atomic E-state index is 12.7. The minimum Gasteiger partial charge on any atom is -0.505 e. The summed E-state index contributed by atoms with van der Waals surface area (Å²) >= 11 is 0. The van der Waals surface area contributed by atoms with Crippen LogP contribution in [0.4, 0.5) is 0 Å². The van der Waals surface area contributed by atoms with Crippen LogP contribution >= 0.6 is 0 Å². The van der Waals surface area contributed by atoms with E-state index in [0.29, 0.717) is 18.5 Å². The van der Waals surface area contributed by atoms with Crippen molar-refractivity contribution < 1.29 is 24.6 Å². The first-order valence-electron chi connectivity index (χ1n) is 7.08. The summed E-state index contributed by atoms with van der Waals surface area (Å²) in [5.74, 6) is -2.91. The maximum atomic E-state index is 12.7. The molecule has 1 aromatic rings. The third-order valence-corrected chi connectivity index (χ3v) is 4.46. The zero-order chi connectivity index (χ0) is 16.1. The lowest BCUT2D eigenvalue weighted by Crippen LogP contribution is -2.54. The largest absolute Gasteiger partial charge is 0.505 e. The van der Waals surface area contributed by atoms with E-state index >= 15 is 0 Å². The SMILES string of the molecule is C[C@H](NC(=O)C1=C(O)c2cccn2C2(CCC2)C1=O)C(=O)O. The number of carbonyl (C=O) groups is 3. The number of aromatic nitrogens is 1. The Bertz CT molecular complexity index is 711. The average molecular weight is 304 g/mol. The van der Waals surface area contributed by atoms with Gasteiger partial charge in [-0.15, -0.1) is 0 Å². The molecule has 1 aliphatic heterocycles. The van der Waals surface area contributed by atoms with Crippen LogP contribution in [0.1, 0.15) is 31.9 Å². The molecule has 0 aromatic carbocycles. The van der Waals surface area contributed by atoms with Gasteiger partial charge in [0.05, 0.1) is 5.69 Å². The highest BCUT2D eigenvalue weighted by atomic mass is 16.4. The molecule has 0 bridgehead atoms. The number of Topliss-reactive ketones (excluding diaryl/α,β-unsaturated/α-hetero) is 1. The van der Waals surface area contributed by atoms with Crippen LogP contribution in [0.25, 0.3) is 5.76 Å². The molecule has 7 nitrogen and oxygen atoms in total. The van der Waals surface area contributed by atoms with Crippen molar-refractivity contribution in [1.29, 1.82) is 0 Å². The van der Waals surface area contributed by atoms with E-state index in [0.717, 1.165) is 6.42 Å². The predicted octanol–water partition coefficient (Wildman–Crippen LogP) is 0.808. The summed E-state index contributed by atoms with van der Waals surface area (Å²) < 4.78 is 1.71. The summed E-state index contributed by atoms with van der Waals surface area (Å²) in [7, 11) is 0. The molecule has 0 radical (unpaired) electrons. The Morgan fingerprint density at radius 3 is 2.64 bits per heavy atom. The van der Waals surface area contributed by atoms with Gasteiger partial charge in [-0.1, -0.05) is 0 Å². The van der Waals surface area contributed by atoms with E-state index in [1.165, 1.54) is 6.92 Å². The van der Waals surface area contributed by atoms with E-state index in [4.69, 9.17) is 5.11 Å². The molecule has 22 heavy (non-hydrogen) atoms. The number of carbonyl (C=O) groups excluding carboxylic acids is 2. The molecule has 0 unspecified atom stereocenters. The summed E-state index contributed by atoms with van der Waals surface area (Å²) in [6.07, 6.45) is 3.79. The van der Waals surface area contributed by atoms with Crippen LogP contribution < -0.4 is 5.32 Å². The Balaban J connectivity index is 2.03. The van der Waals surface area contributed by atoms with Crippen LogP contribution in [-0.4, -0.2) is 38.5 Å². The number of amides is 1. The van der Waals surface area contributed by atoms with Crippen molar-refractivity contribution in [1.82, 2.24) is 9.88 Å². The fourth-order valence-electron chi connectivity index (χ4n) is 3.05. The smallest absolute Gasteiger partial charge is 0.325 e. The Morgan fingerprint density at radius 2 is 2.09 bits per heavy atom. The highest BCUT2D eigenvalue weighted by Crippen LogP contribution is 2.47. The first kappa shape index (κ1) is 14.4. The van der Waals surface area contributed by atoms with Crippen molar-refractivity contribution in [3.8, 4) is 0 Å². The van der Waals surface area contributed by atoms with E-state index < -0.39 is 35.0 Å². The lowest BCUT2D eigenvalue weighted by molar-refractivity contribution is -0.141. The molecule has 1 aliphatic carbocycles. The maximum Gasteiger partial charge on any atom is 0.325 e. The van der Waals surface area contributed by atoms with Gasteiger partial charge >= 0.3 is 5.97 Å². The van der Waals surface area contributed by atoms with Gasteiger partial charge in [0.1, 0.15) is 17.2 Å². The second-order valence-electron chi connectivity index (χ2n) is 5.73. The standard InChI is InChI=1S/C15H16N2O5/c1-8(14(21)22)16-13(20)10-11(18)9-4-2-7-17(9)15(12(10)19)5-3-6-15/h2,4,7-8,18H,3,5-6H2,1H3,(H,16,20)(H,21,22)/t8-/m0/s1. The minimum atomic E-state index is -1.21. The van der Waals surface area contributed by atoms with Gasteiger partial charge in [0.25, 0.3) is 5.91 Å². The number of carboxylic acid groups (broad SMARTS) is 1. The number of nitrogens with one attached hydrogen (secondary N) is 1. The fourth-order valence-corrected chi connectivity index (χ4v) is 3.05. The van der Waals surface area contributed by atoms with Gasteiger partial charge in [0.15, 0.2) is 11.5 Å². The van der Waals surface area contributed by atoms with E-state index in [2.05, 4.69) is 5.32 Å².